The molecule has 0 aliphatic carbocycles. The molecule has 0 bridgehead atoms. The second-order valence-electron chi connectivity index (χ2n) is 7.42. The average molecular weight is 427 g/mol. The Morgan fingerprint density at radius 2 is 1.35 bits per heavy atom. The van der Waals surface area contributed by atoms with Crippen LogP contribution in [-0.2, 0) is 4.74 Å². The van der Waals surface area contributed by atoms with Crippen molar-refractivity contribution in [1.82, 2.24) is 0 Å². The predicted octanol–water partition coefficient (Wildman–Crippen LogP) is 5.18. The first kappa shape index (κ1) is 24.1. The fourth-order valence-electron chi connectivity index (χ4n) is 4.02. The summed E-state index contributed by atoms with van der Waals surface area (Å²) in [6.45, 7) is 11.6. The Hall–Kier alpha value is -3.19. The number of quaternary nitrogens is 1. The van der Waals surface area contributed by atoms with E-state index in [4.69, 9.17) is 20.1 Å². The summed E-state index contributed by atoms with van der Waals surface area (Å²) in [5, 5.41) is 18.8. The van der Waals surface area contributed by atoms with Crippen molar-refractivity contribution >= 4 is 27.5 Å². The van der Waals surface area contributed by atoms with Gasteiger partial charge in [0.25, 0.3) is 0 Å². The highest BCUT2D eigenvalue weighted by atomic mass is 16.9. The quantitative estimate of drug-likeness (QED) is 0.124. The molecule has 0 aliphatic heterocycles. The SMILES string of the molecule is CC[N+](CC)(CC)CCCOC(=O)c1c2ccccc2cc2ccccc12.O=[N+]([O-])[O-]. The molecule has 3 aromatic carbocycles. The lowest BCUT2D eigenvalue weighted by molar-refractivity contribution is -0.923. The van der Waals surface area contributed by atoms with Gasteiger partial charge in [-0.25, -0.2) is 4.79 Å². The van der Waals surface area contributed by atoms with Gasteiger partial charge in [0.05, 0.1) is 43.4 Å². The van der Waals surface area contributed by atoms with Crippen LogP contribution in [0.3, 0.4) is 0 Å². The first-order chi connectivity index (χ1) is 14.9. The molecule has 0 saturated heterocycles. The third kappa shape index (κ3) is 6.15. The lowest BCUT2D eigenvalue weighted by Gasteiger charge is -2.35. The maximum atomic E-state index is 13.0. The van der Waals surface area contributed by atoms with E-state index in [0.29, 0.717) is 12.2 Å². The molecule has 0 spiro atoms. The summed E-state index contributed by atoms with van der Waals surface area (Å²) in [5.41, 5.74) is 0.686. The number of benzene rings is 3. The van der Waals surface area contributed by atoms with Crippen LogP contribution >= 0.6 is 0 Å². The molecule has 31 heavy (non-hydrogen) atoms. The Kier molecular flexibility index (Phi) is 8.75. The molecular weight excluding hydrogens is 396 g/mol. The average Bonchev–Trinajstić information content (AvgIpc) is 2.77. The second kappa shape index (κ2) is 11.3. The van der Waals surface area contributed by atoms with Gasteiger partial charge in [0.15, 0.2) is 0 Å². The number of nitrogens with zero attached hydrogens (tertiary/aromatic N) is 2. The van der Waals surface area contributed by atoms with Crippen molar-refractivity contribution in [2.24, 2.45) is 0 Å². The van der Waals surface area contributed by atoms with E-state index in [1.54, 1.807) is 0 Å². The molecule has 0 saturated carbocycles. The number of carbonyl (C=O) groups is 1. The van der Waals surface area contributed by atoms with Gasteiger partial charge in [0.2, 0.25) is 0 Å². The van der Waals surface area contributed by atoms with Crippen LogP contribution in [0, 0.1) is 15.3 Å². The van der Waals surface area contributed by atoms with Crippen LogP contribution in [0.5, 0.6) is 0 Å². The standard InChI is InChI=1S/C24H30NO2.NO3/c1-4-25(5-2,6-3)16-11-17-27-24(26)23-21-14-9-7-12-19(21)18-20-13-8-10-15-22(20)23;2-1(3)4/h7-10,12-15,18H,4-6,11,16-17H2,1-3H3;/q+1;-1. The largest absolute Gasteiger partial charge is 0.462 e. The molecule has 166 valence electrons. The summed E-state index contributed by atoms with van der Waals surface area (Å²) in [6.07, 6.45) is 0.893. The summed E-state index contributed by atoms with van der Waals surface area (Å²) in [6, 6.07) is 18.2. The monoisotopic (exact) mass is 426 g/mol. The minimum absolute atomic E-state index is 0.217. The Labute approximate surface area is 182 Å². The number of fused-ring (bicyclic) bond motifs is 2. The van der Waals surface area contributed by atoms with Crippen LogP contribution in [-0.4, -0.2) is 48.3 Å². The van der Waals surface area contributed by atoms with Crippen molar-refractivity contribution < 1.29 is 19.1 Å². The van der Waals surface area contributed by atoms with Crippen LogP contribution in [0.25, 0.3) is 21.5 Å². The number of esters is 1. The van der Waals surface area contributed by atoms with Crippen molar-refractivity contribution in [3.8, 4) is 0 Å². The topological polar surface area (TPSA) is 92.5 Å². The van der Waals surface area contributed by atoms with Crippen LogP contribution in [0.1, 0.15) is 37.6 Å². The highest BCUT2D eigenvalue weighted by Gasteiger charge is 2.21. The summed E-state index contributed by atoms with van der Waals surface area (Å²) in [5.74, 6) is -0.217. The molecule has 0 radical (unpaired) electrons. The van der Waals surface area contributed by atoms with Gasteiger partial charge < -0.3 is 24.5 Å². The Bertz CT molecular complexity index is 965. The zero-order chi connectivity index (χ0) is 22.9. The summed E-state index contributed by atoms with van der Waals surface area (Å²) >= 11 is 0. The molecule has 0 amide bonds. The highest BCUT2D eigenvalue weighted by molar-refractivity contribution is 6.16. The first-order valence-electron chi connectivity index (χ1n) is 10.6. The summed E-state index contributed by atoms with van der Waals surface area (Å²) in [7, 11) is 0. The van der Waals surface area contributed by atoms with Crippen molar-refractivity contribution in [2.75, 3.05) is 32.8 Å². The van der Waals surface area contributed by atoms with Crippen LogP contribution in [0.2, 0.25) is 0 Å². The molecule has 0 heterocycles. The fourth-order valence-corrected chi connectivity index (χ4v) is 4.02. The molecule has 0 fully saturated rings. The molecule has 3 rings (SSSR count). The van der Waals surface area contributed by atoms with Crippen molar-refractivity contribution in [3.05, 3.63) is 75.5 Å². The third-order valence-corrected chi connectivity index (χ3v) is 6.00. The molecule has 3 aromatic rings. The van der Waals surface area contributed by atoms with Gasteiger partial charge in [-0.3, -0.25) is 0 Å². The normalized spacial score (nSPS) is 11.1. The van der Waals surface area contributed by atoms with E-state index in [0.717, 1.165) is 58.6 Å². The van der Waals surface area contributed by atoms with Gasteiger partial charge in [-0.05, 0) is 48.4 Å². The van der Waals surface area contributed by atoms with Crippen molar-refractivity contribution in [1.29, 1.82) is 0 Å². The van der Waals surface area contributed by atoms with Crippen molar-refractivity contribution in [3.63, 3.8) is 0 Å². The van der Waals surface area contributed by atoms with E-state index >= 15 is 0 Å². The maximum absolute atomic E-state index is 13.0. The minimum atomic E-state index is -1.75. The van der Waals surface area contributed by atoms with Crippen molar-refractivity contribution in [2.45, 2.75) is 27.2 Å². The van der Waals surface area contributed by atoms with Gasteiger partial charge in [0, 0.05) is 6.42 Å². The zero-order valence-corrected chi connectivity index (χ0v) is 18.4. The van der Waals surface area contributed by atoms with Crippen LogP contribution in [0.15, 0.2) is 54.6 Å². The van der Waals surface area contributed by atoms with E-state index in [1.165, 1.54) is 0 Å². The number of carbonyl (C=O) groups excluding carboxylic acids is 1. The van der Waals surface area contributed by atoms with Gasteiger partial charge in [-0.15, -0.1) is 0 Å². The molecular formula is C24H30N2O5. The number of hydrogen-bond donors (Lipinski definition) is 0. The molecule has 7 heteroatoms. The predicted molar refractivity (Wildman–Crippen MR) is 123 cm³/mol. The third-order valence-electron chi connectivity index (χ3n) is 6.00. The minimum Gasteiger partial charge on any atom is -0.462 e. The van der Waals surface area contributed by atoms with Gasteiger partial charge >= 0.3 is 5.97 Å². The Balaban J connectivity index is 0.000000785. The molecule has 0 aliphatic rings. The van der Waals surface area contributed by atoms with E-state index in [1.807, 2.05) is 48.5 Å². The highest BCUT2D eigenvalue weighted by Crippen LogP contribution is 2.29. The molecule has 0 N–H and O–H groups in total. The van der Waals surface area contributed by atoms with E-state index in [2.05, 4.69) is 26.8 Å². The van der Waals surface area contributed by atoms with Gasteiger partial charge in [0.1, 0.15) is 0 Å². The van der Waals surface area contributed by atoms with Gasteiger partial charge in [-0.1, -0.05) is 48.5 Å². The molecule has 7 nitrogen and oxygen atoms in total. The fraction of sp³-hybridized carbons (Fsp3) is 0.375. The number of ether oxygens (including phenoxy) is 1. The van der Waals surface area contributed by atoms with E-state index < -0.39 is 5.09 Å². The maximum Gasteiger partial charge on any atom is 0.339 e. The summed E-state index contributed by atoms with van der Waals surface area (Å²) < 4.78 is 6.80. The molecule has 0 aromatic heterocycles. The number of rotatable bonds is 8. The molecule has 0 unspecified atom stereocenters. The lowest BCUT2D eigenvalue weighted by Crippen LogP contribution is -2.48. The second-order valence-corrected chi connectivity index (χ2v) is 7.42. The smallest absolute Gasteiger partial charge is 0.339 e. The summed E-state index contributed by atoms with van der Waals surface area (Å²) in [4.78, 5) is 21.2. The Morgan fingerprint density at radius 3 is 1.81 bits per heavy atom. The molecule has 0 atom stereocenters. The lowest BCUT2D eigenvalue weighted by atomic mass is 9.97. The van der Waals surface area contributed by atoms with E-state index in [-0.39, 0.29) is 5.97 Å². The Morgan fingerprint density at radius 1 is 0.903 bits per heavy atom. The number of hydrogen-bond acceptors (Lipinski definition) is 5. The van der Waals surface area contributed by atoms with Crippen LogP contribution in [0.4, 0.5) is 0 Å². The van der Waals surface area contributed by atoms with Crippen LogP contribution < -0.4 is 0 Å². The zero-order valence-electron chi connectivity index (χ0n) is 18.4. The van der Waals surface area contributed by atoms with Gasteiger partial charge in [-0.2, -0.15) is 0 Å². The van der Waals surface area contributed by atoms with E-state index in [9.17, 15) is 4.79 Å². The first-order valence-corrected chi connectivity index (χ1v) is 10.6.